The monoisotopic (exact) mass is 365 g/mol. The molecule has 0 N–H and O–H groups in total. The number of aryl methyl sites for hydroxylation is 1. The highest BCUT2D eigenvalue weighted by atomic mass is 32.1. The lowest BCUT2D eigenvalue weighted by Crippen LogP contribution is -2.72. The molecule has 1 amide bonds. The Kier molecular flexibility index (Phi) is 4.85. The van der Waals surface area contributed by atoms with Crippen LogP contribution in [0.4, 0.5) is 0 Å². The molecule has 0 saturated carbocycles. The van der Waals surface area contributed by atoms with Gasteiger partial charge >= 0.3 is 0 Å². The molecule has 3 fully saturated rings. The third kappa shape index (κ3) is 3.61. The fourth-order valence-corrected chi connectivity index (χ4v) is 4.99. The first kappa shape index (κ1) is 17.4. The number of hydrogen-bond donors (Lipinski definition) is 0. The van der Waals surface area contributed by atoms with Crippen molar-refractivity contribution in [2.45, 2.75) is 38.0 Å². The van der Waals surface area contributed by atoms with Gasteiger partial charge < -0.3 is 4.74 Å². The van der Waals surface area contributed by atoms with E-state index in [4.69, 9.17) is 9.57 Å². The van der Waals surface area contributed by atoms with Gasteiger partial charge in [0, 0.05) is 42.5 Å². The van der Waals surface area contributed by atoms with Gasteiger partial charge in [-0.2, -0.15) is 0 Å². The molecule has 4 heterocycles. The average Bonchev–Trinajstić information content (AvgIpc) is 2.99. The predicted molar refractivity (Wildman–Crippen MR) is 96.3 cm³/mol. The molecule has 3 saturated heterocycles. The van der Waals surface area contributed by atoms with Crippen LogP contribution in [0.15, 0.2) is 12.1 Å². The lowest BCUT2D eigenvalue weighted by Gasteiger charge is -2.55. The lowest BCUT2D eigenvalue weighted by atomic mass is 9.90. The molecule has 1 aromatic heterocycles. The van der Waals surface area contributed by atoms with Crippen LogP contribution in [0.25, 0.3) is 0 Å². The molecule has 3 aliphatic rings. The Morgan fingerprint density at radius 1 is 1.32 bits per heavy atom. The number of nitrogens with zero attached hydrogens (tertiary/aromatic N) is 3. The minimum Gasteiger partial charge on any atom is -0.369 e. The normalized spacial score (nSPS) is 27.4. The molecule has 0 radical (unpaired) electrons. The van der Waals surface area contributed by atoms with E-state index >= 15 is 0 Å². The van der Waals surface area contributed by atoms with Crippen LogP contribution in [0.5, 0.6) is 0 Å². The predicted octanol–water partition coefficient (Wildman–Crippen LogP) is 1.50. The van der Waals surface area contributed by atoms with E-state index in [2.05, 4.69) is 28.9 Å². The number of rotatable bonds is 3. The minimum absolute atomic E-state index is 0.0438. The zero-order valence-electron chi connectivity index (χ0n) is 15.1. The molecule has 6 nitrogen and oxygen atoms in total. The molecular weight excluding hydrogens is 338 g/mol. The summed E-state index contributed by atoms with van der Waals surface area (Å²) in [6, 6.07) is 4.17. The van der Waals surface area contributed by atoms with Crippen molar-refractivity contribution in [3.63, 3.8) is 0 Å². The maximum absolute atomic E-state index is 12.7. The summed E-state index contributed by atoms with van der Waals surface area (Å²) in [7, 11) is 2.03. The number of ether oxygens (including phenoxy) is 1. The maximum atomic E-state index is 12.7. The molecule has 3 aliphatic heterocycles. The third-order valence-electron chi connectivity index (χ3n) is 5.35. The third-order valence-corrected chi connectivity index (χ3v) is 6.33. The van der Waals surface area contributed by atoms with Crippen molar-refractivity contribution in [3.05, 3.63) is 21.9 Å². The Morgan fingerprint density at radius 2 is 2.16 bits per heavy atom. The van der Waals surface area contributed by atoms with Gasteiger partial charge in [0.2, 0.25) is 0 Å². The number of amides is 1. The zero-order chi connectivity index (χ0) is 17.4. The zero-order valence-corrected chi connectivity index (χ0v) is 15.9. The Hall–Kier alpha value is -0.990. The van der Waals surface area contributed by atoms with E-state index < -0.39 is 0 Å². The van der Waals surface area contributed by atoms with Gasteiger partial charge in [-0.1, -0.05) is 0 Å². The molecule has 7 heteroatoms. The van der Waals surface area contributed by atoms with Gasteiger partial charge in [-0.15, -0.1) is 11.3 Å². The molecule has 4 rings (SSSR count). The molecule has 0 aliphatic carbocycles. The fraction of sp³-hybridized carbons (Fsp3) is 0.722. The molecule has 25 heavy (non-hydrogen) atoms. The number of morpholine rings is 1. The number of likely N-dealkylation sites (tertiary alicyclic amines) is 1. The van der Waals surface area contributed by atoms with E-state index in [1.807, 2.05) is 18.4 Å². The Morgan fingerprint density at radius 3 is 2.80 bits per heavy atom. The van der Waals surface area contributed by atoms with Gasteiger partial charge in [0.1, 0.15) is 11.6 Å². The van der Waals surface area contributed by atoms with Crippen molar-refractivity contribution < 1.29 is 14.4 Å². The van der Waals surface area contributed by atoms with Crippen LogP contribution in [0.3, 0.4) is 0 Å². The van der Waals surface area contributed by atoms with E-state index in [0.717, 1.165) is 39.0 Å². The molecule has 1 atom stereocenters. The van der Waals surface area contributed by atoms with Crippen LogP contribution in [0.1, 0.15) is 22.6 Å². The number of carbonyl (C=O) groups is 1. The first-order chi connectivity index (χ1) is 12.0. The summed E-state index contributed by atoms with van der Waals surface area (Å²) >= 11 is 1.86. The largest absolute Gasteiger partial charge is 0.369 e. The van der Waals surface area contributed by atoms with Gasteiger partial charge in [-0.3, -0.25) is 19.4 Å². The summed E-state index contributed by atoms with van der Waals surface area (Å²) in [6.45, 7) is 7.63. The van der Waals surface area contributed by atoms with E-state index in [1.165, 1.54) is 14.8 Å². The Balaban J connectivity index is 1.29. The summed E-state index contributed by atoms with van der Waals surface area (Å²) in [4.78, 5) is 25.5. The standard InChI is InChI=1S/C18H27N3O3S/c1-14-5-6-15(25-14)9-20-12-18(13-20)11-19(2)16(10-23-18)17(22)21-7-3-4-8-24-21/h5-6,16H,3-4,7-13H2,1-2H3. The second-order valence-electron chi connectivity index (χ2n) is 7.56. The van der Waals surface area contributed by atoms with Crippen LogP contribution in [-0.2, 0) is 20.9 Å². The SMILES string of the molecule is Cc1ccc(CN2CC3(C2)CN(C)C(C(=O)N2CCCCO2)CO3)s1. The smallest absolute Gasteiger partial charge is 0.265 e. The Bertz CT molecular complexity index is 623. The molecular formula is C18H27N3O3S. The van der Waals surface area contributed by atoms with Crippen LogP contribution >= 0.6 is 11.3 Å². The molecule has 0 bridgehead atoms. The van der Waals surface area contributed by atoms with E-state index in [1.54, 1.807) is 0 Å². The summed E-state index contributed by atoms with van der Waals surface area (Å²) in [5.41, 5.74) is -0.111. The first-order valence-corrected chi connectivity index (χ1v) is 9.92. The van der Waals surface area contributed by atoms with Gasteiger partial charge in [0.25, 0.3) is 5.91 Å². The van der Waals surface area contributed by atoms with Gasteiger partial charge in [-0.25, -0.2) is 5.06 Å². The second kappa shape index (κ2) is 6.96. The van der Waals surface area contributed by atoms with E-state index in [9.17, 15) is 4.79 Å². The van der Waals surface area contributed by atoms with E-state index in [0.29, 0.717) is 19.8 Å². The highest BCUT2D eigenvalue weighted by Gasteiger charge is 2.50. The summed E-state index contributed by atoms with van der Waals surface area (Å²) in [5.74, 6) is 0.0438. The van der Waals surface area contributed by atoms with Crippen molar-refractivity contribution in [2.24, 2.45) is 0 Å². The highest BCUT2D eigenvalue weighted by molar-refractivity contribution is 7.11. The molecule has 0 aromatic carbocycles. The van der Waals surface area contributed by atoms with Crippen LogP contribution < -0.4 is 0 Å². The topological polar surface area (TPSA) is 45.2 Å². The number of thiophene rings is 1. The minimum atomic E-state index is -0.224. The van der Waals surface area contributed by atoms with Gasteiger partial charge in [0.05, 0.1) is 13.2 Å². The van der Waals surface area contributed by atoms with Gasteiger partial charge in [0.15, 0.2) is 0 Å². The van der Waals surface area contributed by atoms with Gasteiger partial charge in [-0.05, 0) is 38.9 Å². The van der Waals surface area contributed by atoms with Crippen molar-refractivity contribution in [1.82, 2.24) is 14.9 Å². The molecule has 138 valence electrons. The van der Waals surface area contributed by atoms with Crippen molar-refractivity contribution in [2.75, 3.05) is 46.4 Å². The maximum Gasteiger partial charge on any atom is 0.265 e. The fourth-order valence-electron chi connectivity index (χ4n) is 4.05. The lowest BCUT2D eigenvalue weighted by molar-refractivity contribution is -0.224. The second-order valence-corrected chi connectivity index (χ2v) is 8.94. The quantitative estimate of drug-likeness (QED) is 0.812. The van der Waals surface area contributed by atoms with Crippen LogP contribution in [0.2, 0.25) is 0 Å². The first-order valence-electron chi connectivity index (χ1n) is 9.11. The number of hydrogen-bond acceptors (Lipinski definition) is 6. The highest BCUT2D eigenvalue weighted by Crippen LogP contribution is 2.33. The number of carbonyl (C=O) groups excluding carboxylic acids is 1. The Labute approximate surface area is 153 Å². The molecule has 1 spiro atoms. The van der Waals surface area contributed by atoms with E-state index in [-0.39, 0.29) is 17.6 Å². The summed E-state index contributed by atoms with van der Waals surface area (Å²) < 4.78 is 6.19. The number of hydroxylamine groups is 2. The number of likely N-dealkylation sites (N-methyl/N-ethyl adjacent to an activating group) is 1. The average molecular weight is 365 g/mol. The van der Waals surface area contributed by atoms with Crippen molar-refractivity contribution in [3.8, 4) is 0 Å². The van der Waals surface area contributed by atoms with Crippen LogP contribution in [-0.4, -0.2) is 78.9 Å². The molecule has 1 unspecified atom stereocenters. The summed E-state index contributed by atoms with van der Waals surface area (Å²) in [6.07, 6.45) is 2.05. The van der Waals surface area contributed by atoms with Crippen molar-refractivity contribution in [1.29, 1.82) is 0 Å². The van der Waals surface area contributed by atoms with Crippen molar-refractivity contribution >= 4 is 17.2 Å². The molecule has 1 aromatic rings. The summed E-state index contributed by atoms with van der Waals surface area (Å²) in [5, 5.41) is 1.54. The van der Waals surface area contributed by atoms with Crippen LogP contribution in [0, 0.1) is 6.92 Å².